The van der Waals surface area contributed by atoms with Crippen LogP contribution in [0.1, 0.15) is 18.4 Å². The molecule has 0 radical (unpaired) electrons. The quantitative estimate of drug-likeness (QED) is 0.544. The monoisotopic (exact) mass is 384 g/mol. The smallest absolute Gasteiger partial charge is 0.419 e. The predicted octanol–water partition coefficient (Wildman–Crippen LogP) is 2.72. The van der Waals surface area contributed by atoms with Gasteiger partial charge in [0.1, 0.15) is 12.4 Å². The number of carbonyl (C=O) groups is 1. The maximum absolute atomic E-state index is 12.1. The predicted molar refractivity (Wildman–Crippen MR) is 105 cm³/mol. The molecule has 1 heterocycles. The minimum absolute atomic E-state index is 0.0634. The third kappa shape index (κ3) is 5.23. The third-order valence-corrected chi connectivity index (χ3v) is 4.30. The van der Waals surface area contributed by atoms with Crippen LogP contribution in [0.4, 0.5) is 0 Å². The molecule has 7 heteroatoms. The number of nitrogens with one attached hydrogen (secondary N) is 1. The van der Waals surface area contributed by atoms with Crippen molar-refractivity contribution in [3.05, 3.63) is 64.6 Å². The number of nitrogens with zero attached hydrogens (tertiary/aromatic N) is 1. The SMILES string of the molecule is COCCOc1cccc(CNC(=O)CCCn2c(=O)oc3ccccc32)c1. The summed E-state index contributed by atoms with van der Waals surface area (Å²) in [7, 11) is 1.63. The molecule has 1 N–H and O–H groups in total. The molecule has 0 unspecified atom stereocenters. The normalized spacial score (nSPS) is 10.9. The summed E-state index contributed by atoms with van der Waals surface area (Å²) in [5.74, 6) is 0.286. The summed E-state index contributed by atoms with van der Waals surface area (Å²) in [5.41, 5.74) is 2.27. The van der Waals surface area contributed by atoms with Crippen LogP contribution in [0.15, 0.2) is 57.7 Å². The fourth-order valence-electron chi connectivity index (χ4n) is 2.90. The van der Waals surface area contributed by atoms with Gasteiger partial charge in [0.2, 0.25) is 5.91 Å². The zero-order chi connectivity index (χ0) is 19.8. The second kappa shape index (κ2) is 9.75. The number of methoxy groups -OCH3 is 1. The molecule has 0 fully saturated rings. The van der Waals surface area contributed by atoms with Crippen LogP contribution >= 0.6 is 0 Å². The first-order valence-corrected chi connectivity index (χ1v) is 9.23. The minimum Gasteiger partial charge on any atom is -0.491 e. The number of ether oxygens (including phenoxy) is 2. The number of carbonyl (C=O) groups excluding carboxylic acids is 1. The van der Waals surface area contributed by atoms with E-state index in [9.17, 15) is 9.59 Å². The molecule has 0 aliphatic rings. The van der Waals surface area contributed by atoms with Crippen LogP contribution in [0.2, 0.25) is 0 Å². The fourth-order valence-corrected chi connectivity index (χ4v) is 2.90. The van der Waals surface area contributed by atoms with Gasteiger partial charge < -0.3 is 19.2 Å². The van der Waals surface area contributed by atoms with Crippen molar-refractivity contribution < 1.29 is 18.7 Å². The Morgan fingerprint density at radius 1 is 1.14 bits per heavy atom. The molecule has 3 rings (SSSR count). The number of oxazole rings is 1. The number of hydrogen-bond donors (Lipinski definition) is 1. The molecule has 0 aliphatic heterocycles. The first kappa shape index (κ1) is 19.7. The van der Waals surface area contributed by atoms with Gasteiger partial charge in [0, 0.05) is 26.6 Å². The van der Waals surface area contributed by atoms with Gasteiger partial charge in [-0.2, -0.15) is 0 Å². The molecule has 0 atom stereocenters. The van der Waals surface area contributed by atoms with Crippen LogP contribution in [0.5, 0.6) is 5.75 Å². The van der Waals surface area contributed by atoms with Crippen molar-refractivity contribution in [2.45, 2.75) is 25.9 Å². The van der Waals surface area contributed by atoms with Crippen molar-refractivity contribution in [3.8, 4) is 5.75 Å². The molecule has 3 aromatic rings. The molecule has 0 saturated heterocycles. The van der Waals surface area contributed by atoms with Crippen LogP contribution in [-0.4, -0.2) is 30.8 Å². The molecule has 1 amide bonds. The molecule has 0 saturated carbocycles. The second-order valence-corrected chi connectivity index (χ2v) is 6.36. The Morgan fingerprint density at radius 2 is 2.00 bits per heavy atom. The number of benzene rings is 2. The van der Waals surface area contributed by atoms with Crippen molar-refractivity contribution in [1.82, 2.24) is 9.88 Å². The molecule has 2 aromatic carbocycles. The van der Waals surface area contributed by atoms with Crippen molar-refractivity contribution in [2.75, 3.05) is 20.3 Å². The number of amides is 1. The molecule has 7 nitrogen and oxygen atoms in total. The summed E-state index contributed by atoms with van der Waals surface area (Å²) in [6.45, 7) is 1.87. The topological polar surface area (TPSA) is 82.7 Å². The van der Waals surface area contributed by atoms with Crippen molar-refractivity contribution in [3.63, 3.8) is 0 Å². The lowest BCUT2D eigenvalue weighted by molar-refractivity contribution is -0.121. The Hall–Kier alpha value is -3.06. The van der Waals surface area contributed by atoms with Gasteiger partial charge >= 0.3 is 5.76 Å². The fraction of sp³-hybridized carbons (Fsp3) is 0.333. The zero-order valence-electron chi connectivity index (χ0n) is 15.8. The maximum Gasteiger partial charge on any atom is 0.419 e. The van der Waals surface area contributed by atoms with Gasteiger partial charge in [-0.05, 0) is 36.2 Å². The Bertz CT molecular complexity index is 976. The van der Waals surface area contributed by atoms with E-state index in [4.69, 9.17) is 13.9 Å². The molecule has 0 spiro atoms. The van der Waals surface area contributed by atoms with E-state index in [0.29, 0.717) is 44.7 Å². The average Bonchev–Trinajstić information content (AvgIpc) is 3.02. The lowest BCUT2D eigenvalue weighted by Gasteiger charge is -2.09. The summed E-state index contributed by atoms with van der Waals surface area (Å²) in [4.78, 5) is 24.0. The standard InChI is InChI=1S/C21H24N2O5/c1-26-12-13-27-17-7-4-6-16(14-17)15-22-20(24)10-5-11-23-18-8-2-3-9-19(18)28-21(23)25/h2-4,6-9,14H,5,10-13,15H2,1H3,(H,22,24). The van der Waals surface area contributed by atoms with E-state index in [1.165, 1.54) is 0 Å². The summed E-state index contributed by atoms with van der Waals surface area (Å²) in [6.07, 6.45) is 0.880. The molecule has 1 aromatic heterocycles. The van der Waals surface area contributed by atoms with E-state index in [1.807, 2.05) is 42.5 Å². The second-order valence-electron chi connectivity index (χ2n) is 6.36. The largest absolute Gasteiger partial charge is 0.491 e. The summed E-state index contributed by atoms with van der Waals surface area (Å²) >= 11 is 0. The van der Waals surface area contributed by atoms with Crippen molar-refractivity contribution in [2.24, 2.45) is 0 Å². The van der Waals surface area contributed by atoms with Crippen LogP contribution in [0.25, 0.3) is 11.1 Å². The van der Waals surface area contributed by atoms with Crippen molar-refractivity contribution in [1.29, 1.82) is 0 Å². The summed E-state index contributed by atoms with van der Waals surface area (Å²) in [6, 6.07) is 14.9. The van der Waals surface area contributed by atoms with E-state index in [1.54, 1.807) is 17.7 Å². The van der Waals surface area contributed by atoms with Crippen LogP contribution in [0, 0.1) is 0 Å². The van der Waals surface area contributed by atoms with E-state index in [0.717, 1.165) is 16.8 Å². The number of rotatable bonds is 10. The minimum atomic E-state index is -0.396. The number of aromatic nitrogens is 1. The lowest BCUT2D eigenvalue weighted by Crippen LogP contribution is -2.23. The Labute approximate surface area is 162 Å². The lowest BCUT2D eigenvalue weighted by atomic mass is 10.2. The highest BCUT2D eigenvalue weighted by atomic mass is 16.5. The first-order valence-electron chi connectivity index (χ1n) is 9.23. The maximum atomic E-state index is 12.1. The van der Waals surface area contributed by atoms with Gasteiger partial charge in [0.15, 0.2) is 5.58 Å². The summed E-state index contributed by atoms with van der Waals surface area (Å²) < 4.78 is 17.3. The van der Waals surface area contributed by atoms with Crippen molar-refractivity contribution >= 4 is 17.0 Å². The van der Waals surface area contributed by atoms with Gasteiger partial charge in [-0.3, -0.25) is 9.36 Å². The number of hydrogen-bond acceptors (Lipinski definition) is 5. The van der Waals surface area contributed by atoms with Crippen LogP contribution in [-0.2, 0) is 22.6 Å². The molecule has 28 heavy (non-hydrogen) atoms. The highest BCUT2D eigenvalue weighted by molar-refractivity contribution is 5.76. The van der Waals surface area contributed by atoms with E-state index >= 15 is 0 Å². The van der Waals surface area contributed by atoms with Gasteiger partial charge in [-0.25, -0.2) is 4.79 Å². The van der Waals surface area contributed by atoms with E-state index in [2.05, 4.69) is 5.32 Å². The van der Waals surface area contributed by atoms with Crippen LogP contribution < -0.4 is 15.8 Å². The number of para-hydroxylation sites is 2. The third-order valence-electron chi connectivity index (χ3n) is 4.30. The van der Waals surface area contributed by atoms with Gasteiger partial charge in [0.25, 0.3) is 0 Å². The Balaban J connectivity index is 1.45. The van der Waals surface area contributed by atoms with Gasteiger partial charge in [0.05, 0.1) is 12.1 Å². The van der Waals surface area contributed by atoms with Crippen LogP contribution in [0.3, 0.4) is 0 Å². The Morgan fingerprint density at radius 3 is 2.86 bits per heavy atom. The molecular weight excluding hydrogens is 360 g/mol. The zero-order valence-corrected chi connectivity index (χ0v) is 15.8. The molecule has 0 aliphatic carbocycles. The van der Waals surface area contributed by atoms with Gasteiger partial charge in [-0.1, -0.05) is 24.3 Å². The molecular formula is C21H24N2O5. The number of fused-ring (bicyclic) bond motifs is 1. The molecule has 148 valence electrons. The summed E-state index contributed by atoms with van der Waals surface area (Å²) in [5, 5.41) is 2.90. The first-order chi connectivity index (χ1) is 13.7. The molecule has 0 bridgehead atoms. The highest BCUT2D eigenvalue weighted by Gasteiger charge is 2.09. The van der Waals surface area contributed by atoms with E-state index < -0.39 is 5.76 Å². The Kier molecular flexibility index (Phi) is 6.86. The average molecular weight is 384 g/mol. The van der Waals surface area contributed by atoms with Gasteiger partial charge in [-0.15, -0.1) is 0 Å². The number of aryl methyl sites for hydroxylation is 1. The van der Waals surface area contributed by atoms with E-state index in [-0.39, 0.29) is 5.91 Å². The highest BCUT2D eigenvalue weighted by Crippen LogP contribution is 2.14.